The zero-order valence-corrected chi connectivity index (χ0v) is 11.0. The molecule has 17 heavy (non-hydrogen) atoms. The number of aliphatic hydroxyl groups is 1. The van der Waals surface area contributed by atoms with Gasteiger partial charge < -0.3 is 10.4 Å². The zero-order chi connectivity index (χ0) is 12.3. The van der Waals surface area contributed by atoms with E-state index >= 15 is 0 Å². The molecule has 94 valence electrons. The van der Waals surface area contributed by atoms with Gasteiger partial charge in [0.1, 0.15) is 0 Å². The Balaban J connectivity index is 1.79. The Morgan fingerprint density at radius 2 is 2.24 bits per heavy atom. The molecule has 0 saturated heterocycles. The van der Waals surface area contributed by atoms with Crippen LogP contribution in [0.5, 0.6) is 0 Å². The normalized spacial score (nSPS) is 25.4. The maximum Gasteiger partial charge on any atom is 0.0445 e. The van der Waals surface area contributed by atoms with Crippen LogP contribution in [0.4, 0.5) is 0 Å². The Kier molecular flexibility index (Phi) is 4.43. The van der Waals surface area contributed by atoms with Crippen LogP contribution in [-0.2, 0) is 0 Å². The first-order valence-corrected chi connectivity index (χ1v) is 6.69. The highest BCUT2D eigenvalue weighted by Gasteiger charge is 2.30. The average molecular weight is 254 g/mol. The minimum atomic E-state index is 0.263. The number of rotatable bonds is 5. The molecule has 2 nitrogen and oxygen atoms in total. The molecular formula is C14H20ClNO. The quantitative estimate of drug-likeness (QED) is 0.846. The summed E-state index contributed by atoms with van der Waals surface area (Å²) in [5, 5.41) is 13.2. The van der Waals surface area contributed by atoms with E-state index in [-0.39, 0.29) is 6.61 Å². The van der Waals surface area contributed by atoms with Gasteiger partial charge in [-0.3, -0.25) is 0 Å². The molecule has 0 amide bonds. The summed E-state index contributed by atoms with van der Waals surface area (Å²) in [4.78, 5) is 0. The van der Waals surface area contributed by atoms with Gasteiger partial charge in [-0.2, -0.15) is 0 Å². The lowest BCUT2D eigenvalue weighted by atomic mass is 9.75. The van der Waals surface area contributed by atoms with E-state index < -0.39 is 0 Å². The minimum absolute atomic E-state index is 0.263. The smallest absolute Gasteiger partial charge is 0.0445 e. The van der Waals surface area contributed by atoms with E-state index in [1.165, 1.54) is 18.4 Å². The van der Waals surface area contributed by atoms with Crippen molar-refractivity contribution < 1.29 is 5.11 Å². The molecule has 0 heterocycles. The molecule has 0 aromatic heterocycles. The van der Waals surface area contributed by atoms with Gasteiger partial charge >= 0.3 is 0 Å². The van der Waals surface area contributed by atoms with E-state index in [0.717, 1.165) is 11.4 Å². The van der Waals surface area contributed by atoms with Gasteiger partial charge in [-0.25, -0.2) is 0 Å². The highest BCUT2D eigenvalue weighted by molar-refractivity contribution is 6.30. The van der Waals surface area contributed by atoms with Gasteiger partial charge in [0.15, 0.2) is 0 Å². The second-order valence-corrected chi connectivity index (χ2v) is 5.44. The molecule has 1 saturated carbocycles. The molecule has 0 spiro atoms. The fraction of sp³-hybridized carbons (Fsp3) is 0.571. The van der Waals surface area contributed by atoms with Crippen LogP contribution in [0.2, 0.25) is 5.02 Å². The Morgan fingerprint density at radius 1 is 1.47 bits per heavy atom. The lowest BCUT2D eigenvalue weighted by Crippen LogP contribution is -2.44. The first kappa shape index (κ1) is 12.9. The number of aliphatic hydroxyl groups excluding tert-OH is 1. The molecule has 1 atom stereocenters. The SMILES string of the molecule is CC(CCO)NC1CC(c2cccc(Cl)c2)C1. The third kappa shape index (κ3) is 3.44. The minimum Gasteiger partial charge on any atom is -0.396 e. The number of hydrogen-bond acceptors (Lipinski definition) is 2. The molecule has 0 radical (unpaired) electrons. The molecule has 0 aliphatic heterocycles. The largest absolute Gasteiger partial charge is 0.396 e. The van der Waals surface area contributed by atoms with Crippen molar-refractivity contribution in [3.05, 3.63) is 34.9 Å². The van der Waals surface area contributed by atoms with Crippen molar-refractivity contribution in [2.75, 3.05) is 6.61 Å². The Hall–Kier alpha value is -0.570. The first-order valence-electron chi connectivity index (χ1n) is 6.31. The predicted molar refractivity (Wildman–Crippen MR) is 71.5 cm³/mol. The Labute approximate surface area is 108 Å². The van der Waals surface area contributed by atoms with Gasteiger partial charge in [0.05, 0.1) is 0 Å². The standard InChI is InChI=1S/C14H20ClNO/c1-10(5-6-17)16-14-8-12(9-14)11-3-2-4-13(15)7-11/h2-4,7,10,12,14,16-17H,5-6,8-9H2,1H3. The third-order valence-corrected chi connectivity index (χ3v) is 3.78. The Bertz CT molecular complexity index is 363. The predicted octanol–water partition coefficient (Wildman–Crippen LogP) is 2.95. The van der Waals surface area contributed by atoms with Crippen LogP contribution < -0.4 is 5.32 Å². The zero-order valence-electron chi connectivity index (χ0n) is 10.2. The van der Waals surface area contributed by atoms with Crippen LogP contribution in [0.3, 0.4) is 0 Å². The van der Waals surface area contributed by atoms with Crippen LogP contribution in [0.15, 0.2) is 24.3 Å². The van der Waals surface area contributed by atoms with Crippen molar-refractivity contribution in [3.8, 4) is 0 Å². The highest BCUT2D eigenvalue weighted by atomic mass is 35.5. The highest BCUT2D eigenvalue weighted by Crippen LogP contribution is 2.37. The van der Waals surface area contributed by atoms with Crippen molar-refractivity contribution in [3.63, 3.8) is 0 Å². The summed E-state index contributed by atoms with van der Waals surface area (Å²) in [5.41, 5.74) is 1.35. The van der Waals surface area contributed by atoms with E-state index in [9.17, 15) is 0 Å². The average Bonchev–Trinajstić information content (AvgIpc) is 2.23. The summed E-state index contributed by atoms with van der Waals surface area (Å²) in [6.45, 7) is 2.39. The van der Waals surface area contributed by atoms with Gasteiger partial charge in [0, 0.05) is 23.7 Å². The molecule has 1 fully saturated rings. The first-order chi connectivity index (χ1) is 8.19. The molecule has 2 N–H and O–H groups in total. The van der Waals surface area contributed by atoms with E-state index in [2.05, 4.69) is 24.4 Å². The van der Waals surface area contributed by atoms with Crippen molar-refractivity contribution in [2.24, 2.45) is 0 Å². The third-order valence-electron chi connectivity index (χ3n) is 3.54. The molecule has 1 aliphatic rings. The Morgan fingerprint density at radius 3 is 2.88 bits per heavy atom. The number of hydrogen-bond donors (Lipinski definition) is 2. The molecule has 1 unspecified atom stereocenters. The molecule has 1 aromatic rings. The fourth-order valence-corrected chi connectivity index (χ4v) is 2.66. The van der Waals surface area contributed by atoms with Crippen molar-refractivity contribution in [2.45, 2.75) is 44.2 Å². The number of halogens is 1. The molecule has 0 bridgehead atoms. The van der Waals surface area contributed by atoms with Gasteiger partial charge in [0.25, 0.3) is 0 Å². The summed E-state index contributed by atoms with van der Waals surface area (Å²) in [7, 11) is 0. The van der Waals surface area contributed by atoms with Crippen molar-refractivity contribution in [1.29, 1.82) is 0 Å². The maximum absolute atomic E-state index is 8.85. The van der Waals surface area contributed by atoms with Crippen LogP contribution in [0.25, 0.3) is 0 Å². The number of nitrogens with one attached hydrogen (secondary N) is 1. The van der Waals surface area contributed by atoms with Gasteiger partial charge in [-0.05, 0) is 49.8 Å². The van der Waals surface area contributed by atoms with E-state index in [4.69, 9.17) is 16.7 Å². The maximum atomic E-state index is 8.85. The fourth-order valence-electron chi connectivity index (χ4n) is 2.47. The van der Waals surface area contributed by atoms with Crippen molar-refractivity contribution in [1.82, 2.24) is 5.32 Å². The summed E-state index contributed by atoms with van der Waals surface area (Å²) in [6, 6.07) is 9.17. The lowest BCUT2D eigenvalue weighted by Gasteiger charge is -2.38. The van der Waals surface area contributed by atoms with Gasteiger partial charge in [-0.1, -0.05) is 23.7 Å². The van der Waals surface area contributed by atoms with E-state index in [0.29, 0.717) is 18.0 Å². The van der Waals surface area contributed by atoms with E-state index in [1.54, 1.807) is 0 Å². The lowest BCUT2D eigenvalue weighted by molar-refractivity contribution is 0.230. The molecule has 3 heteroatoms. The topological polar surface area (TPSA) is 32.3 Å². The molecule has 1 aromatic carbocycles. The monoisotopic (exact) mass is 253 g/mol. The molecular weight excluding hydrogens is 234 g/mol. The molecule has 1 aliphatic carbocycles. The van der Waals surface area contributed by atoms with Gasteiger partial charge in [-0.15, -0.1) is 0 Å². The second kappa shape index (κ2) is 5.85. The van der Waals surface area contributed by atoms with Crippen LogP contribution in [0, 0.1) is 0 Å². The second-order valence-electron chi connectivity index (χ2n) is 5.00. The van der Waals surface area contributed by atoms with E-state index in [1.807, 2.05) is 12.1 Å². The van der Waals surface area contributed by atoms with Gasteiger partial charge in [0.2, 0.25) is 0 Å². The number of benzene rings is 1. The molecule has 2 rings (SSSR count). The summed E-state index contributed by atoms with van der Waals surface area (Å²) in [5.74, 6) is 0.646. The van der Waals surface area contributed by atoms with Crippen molar-refractivity contribution >= 4 is 11.6 Å². The van der Waals surface area contributed by atoms with Crippen LogP contribution >= 0.6 is 11.6 Å². The summed E-state index contributed by atoms with van der Waals surface area (Å²) < 4.78 is 0. The van der Waals surface area contributed by atoms with Crippen LogP contribution in [-0.4, -0.2) is 23.8 Å². The van der Waals surface area contributed by atoms with Crippen LogP contribution in [0.1, 0.15) is 37.7 Å². The summed E-state index contributed by atoms with van der Waals surface area (Å²) >= 11 is 5.99. The summed E-state index contributed by atoms with van der Waals surface area (Å²) in [6.07, 6.45) is 3.19.